The predicted molar refractivity (Wildman–Crippen MR) is 77.1 cm³/mol. The Bertz CT molecular complexity index is 650. The highest BCUT2D eigenvalue weighted by Gasteiger charge is 2.17. The number of nitrogens with one attached hydrogen (secondary N) is 2. The van der Waals surface area contributed by atoms with Gasteiger partial charge in [-0.3, -0.25) is 10.1 Å². The number of nitrogens with zero attached hydrogens (tertiary/aromatic N) is 3. The van der Waals surface area contributed by atoms with E-state index in [1.807, 2.05) is 6.92 Å². The molecule has 2 aromatic rings. The van der Waals surface area contributed by atoms with Crippen LogP contribution in [0.5, 0.6) is 0 Å². The number of nitro groups is 1. The minimum Gasteiger partial charge on any atom is -0.354 e. The van der Waals surface area contributed by atoms with Gasteiger partial charge in [0.1, 0.15) is 12.0 Å². The maximum Gasteiger partial charge on any atom is 0.329 e. The Kier molecular flexibility index (Phi) is 4.60. The van der Waals surface area contributed by atoms with Crippen LogP contribution in [0, 0.1) is 15.9 Å². The van der Waals surface area contributed by atoms with Crippen LogP contribution in [-0.2, 0) is 0 Å². The molecule has 0 radical (unpaired) electrons. The van der Waals surface area contributed by atoms with Gasteiger partial charge in [0.25, 0.3) is 0 Å². The van der Waals surface area contributed by atoms with Crippen molar-refractivity contribution in [3.63, 3.8) is 0 Å². The van der Waals surface area contributed by atoms with Crippen molar-refractivity contribution >= 4 is 23.1 Å². The molecular weight excluding hydrogens is 277 g/mol. The minimum absolute atomic E-state index is 0.0132. The Balaban J connectivity index is 2.31. The van der Waals surface area contributed by atoms with Crippen LogP contribution in [0.1, 0.15) is 13.3 Å². The van der Waals surface area contributed by atoms with Crippen LogP contribution in [0.15, 0.2) is 30.5 Å². The first-order valence-electron chi connectivity index (χ1n) is 6.38. The number of aromatic nitrogens is 2. The fourth-order valence-corrected chi connectivity index (χ4v) is 1.63. The molecule has 0 aliphatic carbocycles. The average Bonchev–Trinajstić information content (AvgIpc) is 2.45. The van der Waals surface area contributed by atoms with E-state index in [1.54, 1.807) is 6.07 Å². The number of anilines is 3. The Morgan fingerprint density at radius 2 is 2.24 bits per heavy atom. The summed E-state index contributed by atoms with van der Waals surface area (Å²) in [5.74, 6) is -0.151. The summed E-state index contributed by atoms with van der Waals surface area (Å²) < 4.78 is 13.2. The third kappa shape index (κ3) is 3.85. The van der Waals surface area contributed by atoms with Crippen LogP contribution >= 0.6 is 0 Å². The van der Waals surface area contributed by atoms with Crippen LogP contribution in [0.2, 0.25) is 0 Å². The van der Waals surface area contributed by atoms with Gasteiger partial charge in [0.15, 0.2) is 0 Å². The normalized spacial score (nSPS) is 10.2. The van der Waals surface area contributed by atoms with Gasteiger partial charge < -0.3 is 10.6 Å². The number of hydrogen-bond donors (Lipinski definition) is 2. The van der Waals surface area contributed by atoms with Crippen molar-refractivity contribution in [3.05, 3.63) is 46.4 Å². The van der Waals surface area contributed by atoms with E-state index in [4.69, 9.17) is 0 Å². The summed E-state index contributed by atoms with van der Waals surface area (Å²) in [4.78, 5) is 18.3. The van der Waals surface area contributed by atoms with Crippen molar-refractivity contribution in [2.75, 3.05) is 17.2 Å². The van der Waals surface area contributed by atoms with E-state index >= 15 is 0 Å². The van der Waals surface area contributed by atoms with Crippen LogP contribution in [0.4, 0.5) is 27.5 Å². The van der Waals surface area contributed by atoms with Gasteiger partial charge in [-0.05, 0) is 24.6 Å². The predicted octanol–water partition coefficient (Wildman–Crippen LogP) is 3.09. The highest BCUT2D eigenvalue weighted by Crippen LogP contribution is 2.25. The molecule has 0 spiro atoms. The van der Waals surface area contributed by atoms with Gasteiger partial charge in [-0.1, -0.05) is 13.0 Å². The molecule has 21 heavy (non-hydrogen) atoms. The second-order valence-corrected chi connectivity index (χ2v) is 4.25. The molecule has 2 N–H and O–H groups in total. The van der Waals surface area contributed by atoms with Crippen LogP contribution in [0.3, 0.4) is 0 Å². The highest BCUT2D eigenvalue weighted by molar-refractivity contribution is 5.65. The number of hydrogen-bond acceptors (Lipinski definition) is 6. The maximum atomic E-state index is 13.2. The second kappa shape index (κ2) is 6.60. The third-order valence-electron chi connectivity index (χ3n) is 2.59. The zero-order valence-corrected chi connectivity index (χ0v) is 11.3. The first-order chi connectivity index (χ1) is 10.1. The number of benzene rings is 1. The number of rotatable bonds is 6. The van der Waals surface area contributed by atoms with Crippen molar-refractivity contribution < 1.29 is 9.31 Å². The summed E-state index contributed by atoms with van der Waals surface area (Å²) in [6.45, 7) is 2.63. The van der Waals surface area contributed by atoms with Gasteiger partial charge in [-0.25, -0.2) is 9.37 Å². The first-order valence-corrected chi connectivity index (χ1v) is 6.38. The lowest BCUT2D eigenvalue weighted by Crippen LogP contribution is -2.07. The zero-order chi connectivity index (χ0) is 15.2. The summed E-state index contributed by atoms with van der Waals surface area (Å²) in [6, 6.07) is 5.60. The lowest BCUT2D eigenvalue weighted by Gasteiger charge is -2.08. The van der Waals surface area contributed by atoms with Crippen molar-refractivity contribution in [1.82, 2.24) is 9.97 Å². The standard InChI is InChI=1S/C13H14FN5O2/c1-2-6-15-13-16-8-11(19(20)21)12(18-13)17-10-5-3-4-9(14)7-10/h3-5,7-8H,2,6H2,1H3,(H2,15,16,17,18). The summed E-state index contributed by atoms with van der Waals surface area (Å²) in [7, 11) is 0. The summed E-state index contributed by atoms with van der Waals surface area (Å²) in [6.07, 6.45) is 1.99. The highest BCUT2D eigenvalue weighted by atomic mass is 19.1. The van der Waals surface area contributed by atoms with Crippen LogP contribution < -0.4 is 10.6 Å². The molecule has 1 aromatic heterocycles. The molecule has 110 valence electrons. The quantitative estimate of drug-likeness (QED) is 0.627. The Labute approximate surface area is 120 Å². The zero-order valence-electron chi connectivity index (χ0n) is 11.3. The van der Waals surface area contributed by atoms with Gasteiger partial charge in [-0.15, -0.1) is 0 Å². The fraction of sp³-hybridized carbons (Fsp3) is 0.231. The largest absolute Gasteiger partial charge is 0.354 e. The molecule has 0 bridgehead atoms. The minimum atomic E-state index is -0.592. The average molecular weight is 291 g/mol. The second-order valence-electron chi connectivity index (χ2n) is 4.25. The molecular formula is C13H14FN5O2. The van der Waals surface area contributed by atoms with Crippen molar-refractivity contribution in [2.24, 2.45) is 0 Å². The molecule has 0 saturated carbocycles. The molecule has 1 heterocycles. The van der Waals surface area contributed by atoms with E-state index in [9.17, 15) is 14.5 Å². The van der Waals surface area contributed by atoms with Crippen LogP contribution in [-0.4, -0.2) is 21.4 Å². The first kappa shape index (κ1) is 14.6. The molecule has 2 rings (SSSR count). The number of halogens is 1. The van der Waals surface area contributed by atoms with Gasteiger partial charge >= 0.3 is 5.69 Å². The Hall–Kier alpha value is -2.77. The van der Waals surface area contributed by atoms with Crippen molar-refractivity contribution in [2.45, 2.75) is 13.3 Å². The van der Waals surface area contributed by atoms with E-state index in [1.165, 1.54) is 18.2 Å². The molecule has 1 aromatic carbocycles. The van der Waals surface area contributed by atoms with Gasteiger partial charge in [0.05, 0.1) is 4.92 Å². The Morgan fingerprint density at radius 1 is 1.43 bits per heavy atom. The van der Waals surface area contributed by atoms with Crippen molar-refractivity contribution in [1.29, 1.82) is 0 Å². The van der Waals surface area contributed by atoms with Gasteiger partial charge in [-0.2, -0.15) is 4.98 Å². The fourth-order valence-electron chi connectivity index (χ4n) is 1.63. The van der Waals surface area contributed by atoms with E-state index in [0.717, 1.165) is 12.6 Å². The van der Waals surface area contributed by atoms with Gasteiger partial charge in [0, 0.05) is 12.2 Å². The summed E-state index contributed by atoms with van der Waals surface area (Å²) in [5.41, 5.74) is 0.0968. The van der Waals surface area contributed by atoms with Gasteiger partial charge in [0.2, 0.25) is 11.8 Å². The lowest BCUT2D eigenvalue weighted by atomic mass is 10.3. The topological polar surface area (TPSA) is 93.0 Å². The smallest absolute Gasteiger partial charge is 0.329 e. The van der Waals surface area contributed by atoms with E-state index in [2.05, 4.69) is 20.6 Å². The van der Waals surface area contributed by atoms with E-state index in [-0.39, 0.29) is 17.5 Å². The van der Waals surface area contributed by atoms with Crippen LogP contribution in [0.25, 0.3) is 0 Å². The molecule has 7 nitrogen and oxygen atoms in total. The molecule has 0 atom stereocenters. The summed E-state index contributed by atoms with van der Waals surface area (Å²) in [5, 5.41) is 16.7. The molecule has 0 amide bonds. The molecule has 0 aliphatic rings. The van der Waals surface area contributed by atoms with Crippen molar-refractivity contribution in [3.8, 4) is 0 Å². The van der Waals surface area contributed by atoms with E-state index in [0.29, 0.717) is 12.2 Å². The van der Waals surface area contributed by atoms with E-state index < -0.39 is 10.7 Å². The maximum absolute atomic E-state index is 13.2. The molecule has 0 aliphatic heterocycles. The SMILES string of the molecule is CCCNc1ncc([N+](=O)[O-])c(Nc2cccc(F)c2)n1. The molecule has 0 unspecified atom stereocenters. The summed E-state index contributed by atoms with van der Waals surface area (Å²) >= 11 is 0. The third-order valence-corrected chi connectivity index (χ3v) is 2.59. The molecule has 0 fully saturated rings. The molecule has 0 saturated heterocycles. The monoisotopic (exact) mass is 291 g/mol. The lowest BCUT2D eigenvalue weighted by molar-refractivity contribution is -0.384. The molecule has 8 heteroatoms. The Morgan fingerprint density at radius 3 is 2.90 bits per heavy atom.